The zero-order valence-electron chi connectivity index (χ0n) is 19.8. The van der Waals surface area contributed by atoms with E-state index in [9.17, 15) is 14.7 Å². The van der Waals surface area contributed by atoms with Crippen LogP contribution in [-0.4, -0.2) is 34.0 Å². The van der Waals surface area contributed by atoms with Crippen molar-refractivity contribution in [2.45, 2.75) is 32.1 Å². The van der Waals surface area contributed by atoms with Crippen molar-refractivity contribution in [3.05, 3.63) is 87.2 Å². The Labute approximate surface area is 206 Å². The Bertz CT molecular complexity index is 1640. The fourth-order valence-electron chi connectivity index (χ4n) is 5.01. The van der Waals surface area contributed by atoms with Gasteiger partial charge in [-0.3, -0.25) is 9.79 Å². The van der Waals surface area contributed by atoms with E-state index in [1.165, 1.54) is 0 Å². The van der Waals surface area contributed by atoms with E-state index in [1.807, 2.05) is 48.5 Å². The lowest BCUT2D eigenvalue weighted by atomic mass is 9.86. The molecule has 4 aromatic rings. The molecule has 0 saturated carbocycles. The summed E-state index contributed by atoms with van der Waals surface area (Å²) >= 11 is 0. The number of benzene rings is 2. The van der Waals surface area contributed by atoms with Crippen LogP contribution in [0.3, 0.4) is 0 Å². The van der Waals surface area contributed by atoms with Crippen LogP contribution in [0.15, 0.2) is 64.4 Å². The Hall–Kier alpha value is -4.30. The fourth-order valence-corrected chi connectivity index (χ4v) is 5.01. The molecule has 0 bridgehead atoms. The number of nitrogens with zero attached hydrogens (tertiary/aromatic N) is 3. The van der Waals surface area contributed by atoms with Crippen LogP contribution in [0.1, 0.15) is 35.6 Å². The SMILES string of the molecule is CC[C@@]1(O)C(=O)OCc2c1cc1n(c2=O)Cc2c-1nc1ccccc1c2C=Nc1ccc(OC)cc1. The molecule has 0 amide bonds. The summed E-state index contributed by atoms with van der Waals surface area (Å²) in [7, 11) is 1.62. The topological polar surface area (TPSA) is 103 Å². The summed E-state index contributed by atoms with van der Waals surface area (Å²) in [5.74, 6) is 0.0105. The highest BCUT2D eigenvalue weighted by molar-refractivity contribution is 6.03. The van der Waals surface area contributed by atoms with Crippen molar-refractivity contribution in [2.24, 2.45) is 4.99 Å². The van der Waals surface area contributed by atoms with Crippen LogP contribution in [0.5, 0.6) is 5.75 Å². The zero-order chi connectivity index (χ0) is 25.0. The van der Waals surface area contributed by atoms with E-state index in [4.69, 9.17) is 14.5 Å². The van der Waals surface area contributed by atoms with E-state index in [2.05, 4.69) is 4.99 Å². The second-order valence-electron chi connectivity index (χ2n) is 8.93. The molecule has 0 saturated heterocycles. The van der Waals surface area contributed by atoms with Crippen LogP contribution in [0.2, 0.25) is 0 Å². The van der Waals surface area contributed by atoms with Gasteiger partial charge in [0.1, 0.15) is 12.4 Å². The van der Waals surface area contributed by atoms with Crippen molar-refractivity contribution in [3.8, 4) is 17.1 Å². The third kappa shape index (κ3) is 3.18. The maximum Gasteiger partial charge on any atom is 0.343 e. The second-order valence-corrected chi connectivity index (χ2v) is 8.93. The van der Waals surface area contributed by atoms with E-state index >= 15 is 0 Å². The number of cyclic esters (lactones) is 1. The Morgan fingerprint density at radius 3 is 2.69 bits per heavy atom. The van der Waals surface area contributed by atoms with Crippen molar-refractivity contribution < 1.29 is 19.4 Å². The van der Waals surface area contributed by atoms with Gasteiger partial charge in [-0.05, 0) is 42.8 Å². The number of pyridine rings is 2. The van der Waals surface area contributed by atoms with E-state index in [0.29, 0.717) is 29.1 Å². The molecule has 6 rings (SSSR count). The molecule has 0 aliphatic carbocycles. The number of carbonyl (C=O) groups excluding carboxylic acids is 1. The summed E-state index contributed by atoms with van der Waals surface area (Å²) in [6.07, 6.45) is 1.90. The molecule has 0 spiro atoms. The van der Waals surface area contributed by atoms with Crippen LogP contribution >= 0.6 is 0 Å². The minimum atomic E-state index is -1.86. The molecule has 0 fully saturated rings. The molecule has 1 atom stereocenters. The Morgan fingerprint density at radius 2 is 1.94 bits per heavy atom. The van der Waals surface area contributed by atoms with E-state index < -0.39 is 11.6 Å². The van der Waals surface area contributed by atoms with Gasteiger partial charge in [0.15, 0.2) is 5.60 Å². The highest BCUT2D eigenvalue weighted by Crippen LogP contribution is 2.40. The Morgan fingerprint density at radius 1 is 1.17 bits per heavy atom. The zero-order valence-corrected chi connectivity index (χ0v) is 19.8. The predicted octanol–water partition coefficient (Wildman–Crippen LogP) is 3.84. The number of hydrogen-bond acceptors (Lipinski definition) is 7. The number of esters is 1. The molecule has 1 N–H and O–H groups in total. The van der Waals surface area contributed by atoms with E-state index in [1.54, 1.807) is 30.9 Å². The Kier molecular flexibility index (Phi) is 5.01. The number of methoxy groups -OCH3 is 1. The van der Waals surface area contributed by atoms with Gasteiger partial charge in [-0.1, -0.05) is 25.1 Å². The summed E-state index contributed by atoms with van der Waals surface area (Å²) in [6.45, 7) is 1.83. The normalized spacial score (nSPS) is 18.1. The van der Waals surface area contributed by atoms with Gasteiger partial charge in [-0.25, -0.2) is 9.78 Å². The molecular formula is C28H23N3O5. The summed E-state index contributed by atoms with van der Waals surface area (Å²) in [5.41, 5.74) is 2.91. The third-order valence-electron chi connectivity index (χ3n) is 7.05. The van der Waals surface area contributed by atoms with Crippen LogP contribution in [0, 0.1) is 0 Å². The monoisotopic (exact) mass is 481 g/mol. The summed E-state index contributed by atoms with van der Waals surface area (Å²) < 4.78 is 12.0. The predicted molar refractivity (Wildman–Crippen MR) is 135 cm³/mol. The third-order valence-corrected chi connectivity index (χ3v) is 7.05. The highest BCUT2D eigenvalue weighted by Gasteiger charge is 2.45. The van der Waals surface area contributed by atoms with Crippen LogP contribution in [0.25, 0.3) is 22.3 Å². The molecule has 0 radical (unpaired) electrons. The summed E-state index contributed by atoms with van der Waals surface area (Å²) in [5, 5.41) is 12.0. The van der Waals surface area contributed by atoms with Gasteiger partial charge in [0, 0.05) is 28.3 Å². The maximum atomic E-state index is 13.5. The van der Waals surface area contributed by atoms with Crippen LogP contribution in [-0.2, 0) is 28.3 Å². The number of aromatic nitrogens is 2. The molecule has 8 heteroatoms. The number of hydrogen-bond donors (Lipinski definition) is 1. The molecule has 2 aliphatic heterocycles. The second kappa shape index (κ2) is 8.13. The molecule has 8 nitrogen and oxygen atoms in total. The quantitative estimate of drug-likeness (QED) is 0.309. The average Bonchev–Trinajstić information content (AvgIpc) is 3.28. The van der Waals surface area contributed by atoms with Gasteiger partial charge in [0.2, 0.25) is 0 Å². The summed E-state index contributed by atoms with van der Waals surface area (Å²) in [6, 6.07) is 16.9. The molecule has 4 heterocycles. The van der Waals surface area contributed by atoms with Gasteiger partial charge in [0.05, 0.1) is 41.8 Å². The summed E-state index contributed by atoms with van der Waals surface area (Å²) in [4.78, 5) is 35.5. The first-order chi connectivity index (χ1) is 17.4. The van der Waals surface area contributed by atoms with Crippen LogP contribution in [0.4, 0.5) is 5.69 Å². The van der Waals surface area contributed by atoms with Crippen LogP contribution < -0.4 is 10.3 Å². The maximum absolute atomic E-state index is 13.5. The molecule has 180 valence electrons. The average molecular weight is 482 g/mol. The van der Waals surface area contributed by atoms with E-state index in [-0.39, 0.29) is 18.6 Å². The molecule has 2 aliphatic rings. The number of ether oxygens (including phenoxy) is 2. The number of rotatable bonds is 4. The smallest absolute Gasteiger partial charge is 0.343 e. The highest BCUT2D eigenvalue weighted by atomic mass is 16.6. The number of aliphatic imine (C=N–C) groups is 1. The number of carbonyl (C=O) groups is 1. The molecule has 2 aromatic carbocycles. The molecule has 36 heavy (non-hydrogen) atoms. The standard InChI is InChI=1S/C28H23N3O5/c1-3-28(34)22-12-24-25-20(14-31(24)26(32)21(22)15-36-27(28)33)19(18-6-4-5-7-23(18)30-25)13-29-16-8-10-17(35-2)11-9-16/h4-13,34H,3,14-15H2,1-2H3/t28-/m0/s1. The van der Waals surface area contributed by atoms with Crippen molar-refractivity contribution >= 4 is 28.8 Å². The molecule has 2 aromatic heterocycles. The number of fused-ring (bicyclic) bond motifs is 5. The number of aliphatic hydroxyl groups is 1. The van der Waals surface area contributed by atoms with Gasteiger partial charge in [-0.2, -0.15) is 0 Å². The van der Waals surface area contributed by atoms with Gasteiger partial charge in [-0.15, -0.1) is 0 Å². The minimum absolute atomic E-state index is 0.0967. The molecular weight excluding hydrogens is 458 g/mol. The fraction of sp³-hybridized carbons (Fsp3) is 0.214. The first-order valence-electron chi connectivity index (χ1n) is 11.7. The lowest BCUT2D eigenvalue weighted by Crippen LogP contribution is -2.44. The van der Waals surface area contributed by atoms with Crippen molar-refractivity contribution in [2.75, 3.05) is 7.11 Å². The first kappa shape index (κ1) is 22.2. The van der Waals surface area contributed by atoms with Crippen molar-refractivity contribution in [1.82, 2.24) is 9.55 Å². The minimum Gasteiger partial charge on any atom is -0.497 e. The van der Waals surface area contributed by atoms with Gasteiger partial charge in [0.25, 0.3) is 5.56 Å². The van der Waals surface area contributed by atoms with Gasteiger partial charge >= 0.3 is 5.97 Å². The number of para-hydroxylation sites is 1. The van der Waals surface area contributed by atoms with Crippen molar-refractivity contribution in [1.29, 1.82) is 0 Å². The van der Waals surface area contributed by atoms with Crippen molar-refractivity contribution in [3.63, 3.8) is 0 Å². The lowest BCUT2D eigenvalue weighted by molar-refractivity contribution is -0.172. The largest absolute Gasteiger partial charge is 0.497 e. The first-order valence-corrected chi connectivity index (χ1v) is 11.7. The van der Waals surface area contributed by atoms with Gasteiger partial charge < -0.3 is 19.1 Å². The van der Waals surface area contributed by atoms with E-state index in [0.717, 1.165) is 33.5 Å². The molecule has 0 unspecified atom stereocenters. The Balaban J connectivity index is 1.56. The lowest BCUT2D eigenvalue weighted by Gasteiger charge is -2.31.